The van der Waals surface area contributed by atoms with Crippen LogP contribution in [0, 0.1) is 47.3 Å². The number of allylic oxidation sites excluding steroid dienone is 4. The predicted octanol–water partition coefficient (Wildman–Crippen LogP) is 9.76. The van der Waals surface area contributed by atoms with Gasteiger partial charge in [0, 0.05) is 11.5 Å². The van der Waals surface area contributed by atoms with E-state index in [1.807, 2.05) is 21.6 Å². The standard InChI is InChI=1S/C42H59NO3S2/c1-30(44)40(42(45)46)41-36-22-21-35(39(41)23-24-43)26-34(18-10-4-7-15-31-13-5-2-6-14-31)38(25-32-16-8-3-9-17-32)29-48-47-28-37-20-12-11-19-33(37)27-36/h3-4,8-12,16-17,19-22,30-31,34-36,38-41,44H,2,5-7,13-15,18,23-29,43H2,1H3,(H,45,46). The minimum Gasteiger partial charge on any atom is -0.481 e. The van der Waals surface area contributed by atoms with Gasteiger partial charge in [0.25, 0.3) is 0 Å². The van der Waals surface area contributed by atoms with Gasteiger partial charge in [-0.1, -0.05) is 133 Å². The van der Waals surface area contributed by atoms with E-state index in [0.717, 1.165) is 49.5 Å². The van der Waals surface area contributed by atoms with Gasteiger partial charge in [0.05, 0.1) is 12.0 Å². The third-order valence-electron chi connectivity index (χ3n) is 11.7. The normalized spacial score (nSPS) is 28.5. The van der Waals surface area contributed by atoms with E-state index in [-0.39, 0.29) is 23.7 Å². The zero-order chi connectivity index (χ0) is 33.7. The fraction of sp³-hybridized carbons (Fsp3) is 0.595. The molecule has 0 aromatic heterocycles. The van der Waals surface area contributed by atoms with Crippen molar-refractivity contribution in [3.05, 3.63) is 95.6 Å². The number of rotatable bonds is 12. The number of carboxylic acid groups (broad SMARTS) is 1. The van der Waals surface area contributed by atoms with E-state index in [1.54, 1.807) is 6.92 Å². The van der Waals surface area contributed by atoms with Crippen LogP contribution in [-0.2, 0) is 23.4 Å². The Labute approximate surface area is 298 Å². The van der Waals surface area contributed by atoms with Crippen molar-refractivity contribution < 1.29 is 15.0 Å². The second-order valence-electron chi connectivity index (χ2n) is 14.9. The maximum absolute atomic E-state index is 12.9. The van der Waals surface area contributed by atoms with Crippen LogP contribution in [0.2, 0.25) is 0 Å². The highest BCUT2D eigenvalue weighted by atomic mass is 33.1. The lowest BCUT2D eigenvalue weighted by Crippen LogP contribution is -2.46. The Kier molecular flexibility index (Phi) is 15.1. The molecule has 0 saturated heterocycles. The summed E-state index contributed by atoms with van der Waals surface area (Å²) in [6.45, 7) is 2.19. The minimum atomic E-state index is -0.933. The van der Waals surface area contributed by atoms with Crippen LogP contribution < -0.4 is 5.73 Å². The molecule has 2 heterocycles. The molecule has 2 bridgehead atoms. The molecule has 6 rings (SSSR count). The summed E-state index contributed by atoms with van der Waals surface area (Å²) in [5.41, 5.74) is 10.3. The van der Waals surface area contributed by atoms with Crippen LogP contribution in [0.3, 0.4) is 0 Å². The van der Waals surface area contributed by atoms with Gasteiger partial charge in [-0.05, 0) is 117 Å². The van der Waals surface area contributed by atoms with E-state index in [2.05, 4.69) is 78.9 Å². The molecule has 0 spiro atoms. The third kappa shape index (κ3) is 10.5. The quantitative estimate of drug-likeness (QED) is 0.152. The third-order valence-corrected chi connectivity index (χ3v) is 14.1. The Bertz CT molecular complexity index is 1310. The molecule has 1 fully saturated rings. The van der Waals surface area contributed by atoms with Gasteiger partial charge in [-0.3, -0.25) is 4.79 Å². The highest BCUT2D eigenvalue weighted by molar-refractivity contribution is 8.76. The van der Waals surface area contributed by atoms with Gasteiger partial charge in [0.1, 0.15) is 0 Å². The van der Waals surface area contributed by atoms with Crippen LogP contribution in [-0.4, -0.2) is 34.6 Å². The first-order chi connectivity index (χ1) is 23.4. The summed E-state index contributed by atoms with van der Waals surface area (Å²) in [5.74, 6) is 2.32. The van der Waals surface area contributed by atoms with E-state index in [4.69, 9.17) is 5.73 Å². The molecule has 4 aliphatic rings. The van der Waals surface area contributed by atoms with Gasteiger partial charge >= 0.3 is 5.97 Å². The molecule has 4 nitrogen and oxygen atoms in total. The van der Waals surface area contributed by atoms with E-state index < -0.39 is 18.0 Å². The van der Waals surface area contributed by atoms with E-state index in [1.165, 1.54) is 61.6 Å². The molecule has 48 heavy (non-hydrogen) atoms. The molecule has 2 aliphatic carbocycles. The van der Waals surface area contributed by atoms with Crippen LogP contribution in [0.1, 0.15) is 87.8 Å². The first-order valence-electron chi connectivity index (χ1n) is 18.7. The molecule has 262 valence electrons. The number of nitrogens with two attached hydrogens (primary N) is 1. The van der Waals surface area contributed by atoms with Gasteiger partial charge in [0.2, 0.25) is 0 Å². The predicted molar refractivity (Wildman–Crippen MR) is 205 cm³/mol. The molecular weight excluding hydrogens is 631 g/mol. The van der Waals surface area contributed by atoms with Gasteiger partial charge in [0.15, 0.2) is 0 Å². The number of benzene rings is 2. The lowest BCUT2D eigenvalue weighted by molar-refractivity contribution is -0.151. The molecule has 0 amide bonds. The number of carbonyl (C=O) groups is 1. The van der Waals surface area contributed by atoms with Crippen LogP contribution in [0.5, 0.6) is 0 Å². The molecule has 4 N–H and O–H groups in total. The topological polar surface area (TPSA) is 83.5 Å². The largest absolute Gasteiger partial charge is 0.481 e. The first-order valence-corrected chi connectivity index (χ1v) is 21.2. The Balaban J connectivity index is 1.49. The number of aliphatic hydroxyl groups excluding tert-OH is 1. The minimum absolute atomic E-state index is 0.0356. The number of aliphatic hydroxyl groups is 1. The molecule has 2 aliphatic heterocycles. The summed E-state index contributed by atoms with van der Waals surface area (Å²) < 4.78 is 0. The smallest absolute Gasteiger partial charge is 0.309 e. The van der Waals surface area contributed by atoms with Crippen molar-refractivity contribution in [1.29, 1.82) is 0 Å². The summed E-state index contributed by atoms with van der Waals surface area (Å²) in [5, 5.41) is 21.5. The monoisotopic (exact) mass is 689 g/mol. The Hall–Kier alpha value is -1.99. The summed E-state index contributed by atoms with van der Waals surface area (Å²) in [6, 6.07) is 19.7. The van der Waals surface area contributed by atoms with Crippen molar-refractivity contribution >= 4 is 27.6 Å². The lowest BCUT2D eigenvalue weighted by atomic mass is 9.60. The van der Waals surface area contributed by atoms with Crippen molar-refractivity contribution in [3.63, 3.8) is 0 Å². The number of hydrogen-bond donors (Lipinski definition) is 3. The average molecular weight is 690 g/mol. The fourth-order valence-corrected chi connectivity index (χ4v) is 11.7. The number of hydrogen-bond acceptors (Lipinski definition) is 5. The van der Waals surface area contributed by atoms with Crippen LogP contribution in [0.25, 0.3) is 0 Å². The average Bonchev–Trinajstić information content (AvgIpc) is 3.08. The van der Waals surface area contributed by atoms with Crippen molar-refractivity contribution in [2.45, 2.75) is 95.8 Å². The van der Waals surface area contributed by atoms with E-state index in [0.29, 0.717) is 18.4 Å². The number of fused-ring (bicyclic) bond motifs is 7. The molecule has 0 radical (unpaired) electrons. The van der Waals surface area contributed by atoms with Crippen molar-refractivity contribution in [2.24, 2.45) is 53.1 Å². The van der Waals surface area contributed by atoms with Crippen LogP contribution in [0.15, 0.2) is 78.9 Å². The highest BCUT2D eigenvalue weighted by Crippen LogP contribution is 2.48. The Morgan fingerprint density at radius 1 is 0.917 bits per heavy atom. The number of carboxylic acids is 1. The maximum atomic E-state index is 12.9. The van der Waals surface area contributed by atoms with Crippen LogP contribution >= 0.6 is 21.6 Å². The first kappa shape index (κ1) is 37.3. The van der Waals surface area contributed by atoms with Gasteiger partial charge in [-0.25, -0.2) is 0 Å². The van der Waals surface area contributed by atoms with Crippen molar-refractivity contribution in [1.82, 2.24) is 0 Å². The fourth-order valence-electron chi connectivity index (χ4n) is 9.14. The molecule has 6 heteroatoms. The zero-order valence-corrected chi connectivity index (χ0v) is 30.6. The molecular formula is C42H59NO3S2. The summed E-state index contributed by atoms with van der Waals surface area (Å²) in [7, 11) is 3.99. The summed E-state index contributed by atoms with van der Waals surface area (Å²) in [4.78, 5) is 12.9. The number of aliphatic carboxylic acids is 1. The van der Waals surface area contributed by atoms with E-state index >= 15 is 0 Å². The molecule has 1 saturated carbocycles. The summed E-state index contributed by atoms with van der Waals surface area (Å²) >= 11 is 0. The molecule has 2 aromatic carbocycles. The van der Waals surface area contributed by atoms with Crippen molar-refractivity contribution in [3.8, 4) is 0 Å². The molecule has 2 aromatic rings. The summed E-state index contributed by atoms with van der Waals surface area (Å²) in [6.07, 6.45) is 22.9. The maximum Gasteiger partial charge on any atom is 0.309 e. The van der Waals surface area contributed by atoms with Crippen LogP contribution in [0.4, 0.5) is 0 Å². The van der Waals surface area contributed by atoms with Gasteiger partial charge in [-0.2, -0.15) is 0 Å². The lowest BCUT2D eigenvalue weighted by Gasteiger charge is -2.45. The SMILES string of the molecule is CC(O)C(C(=O)O)C1C2C=CC(CC(CC=CCCC3CCCCC3)C(Cc3ccccc3)CSSCc3ccccc3C2)C1CCN. The highest BCUT2D eigenvalue weighted by Gasteiger charge is 2.46. The molecule has 8 unspecified atom stereocenters. The van der Waals surface area contributed by atoms with E-state index in [9.17, 15) is 15.0 Å². The second-order valence-corrected chi connectivity index (χ2v) is 17.4. The van der Waals surface area contributed by atoms with Gasteiger partial charge < -0.3 is 15.9 Å². The van der Waals surface area contributed by atoms with Gasteiger partial charge in [-0.15, -0.1) is 0 Å². The zero-order valence-electron chi connectivity index (χ0n) is 29.0. The van der Waals surface area contributed by atoms with Crippen molar-refractivity contribution in [2.75, 3.05) is 12.3 Å². The second kappa shape index (κ2) is 19.4. The Morgan fingerprint density at radius 2 is 1.65 bits per heavy atom. The Morgan fingerprint density at radius 3 is 2.38 bits per heavy atom. The molecule has 8 atom stereocenters.